The maximum absolute atomic E-state index is 2.71. The van der Waals surface area contributed by atoms with Gasteiger partial charge < -0.3 is 14.7 Å². The Labute approximate surface area is 471 Å². The van der Waals surface area contributed by atoms with Crippen molar-refractivity contribution in [3.05, 3.63) is 203 Å². The number of anilines is 9. The van der Waals surface area contributed by atoms with E-state index in [1.807, 2.05) is 11.3 Å². The van der Waals surface area contributed by atoms with Crippen LogP contribution in [0.2, 0.25) is 0 Å². The van der Waals surface area contributed by atoms with Crippen molar-refractivity contribution in [2.24, 2.45) is 0 Å². The second-order valence-corrected chi connectivity index (χ2v) is 29.4. The SMILES string of the molecule is CC(C)(C)c1ccc(-c2cc(C(C)(C)C)ccc2N2c3ccc(C(C)(C)C)cc3B3c4sc5ccc(C(C)(C)C)cc5c4N(c4ccc5c(c4)C(C)(C)CC5(C)C)c4cc(N(c5ccccc5)c5ccccc5)cc2c43)cc1. The number of nitrogens with zero attached hydrogens (tertiary/aromatic N) is 3. The van der Waals surface area contributed by atoms with Crippen LogP contribution in [-0.2, 0) is 32.5 Å². The summed E-state index contributed by atoms with van der Waals surface area (Å²) in [5.41, 5.74) is 23.9. The highest BCUT2D eigenvalue weighted by atomic mass is 32.1. The fourth-order valence-electron chi connectivity index (χ4n) is 13.4. The van der Waals surface area contributed by atoms with Gasteiger partial charge in [-0.3, -0.25) is 0 Å². The van der Waals surface area contributed by atoms with Gasteiger partial charge in [-0.2, -0.15) is 0 Å². The monoisotopic (exact) mass is 1040 g/mol. The van der Waals surface area contributed by atoms with E-state index < -0.39 is 0 Å². The second-order valence-electron chi connectivity index (χ2n) is 28.3. The van der Waals surface area contributed by atoms with Gasteiger partial charge in [0.2, 0.25) is 0 Å². The van der Waals surface area contributed by atoms with Gasteiger partial charge in [-0.15, -0.1) is 11.3 Å². The minimum absolute atomic E-state index is 0.00457. The van der Waals surface area contributed by atoms with E-state index in [0.717, 1.165) is 23.5 Å². The summed E-state index contributed by atoms with van der Waals surface area (Å²) >= 11 is 2.00. The molecule has 8 aromatic carbocycles. The highest BCUT2D eigenvalue weighted by Crippen LogP contribution is 2.55. The van der Waals surface area contributed by atoms with Crippen LogP contribution in [-0.4, -0.2) is 6.71 Å². The Morgan fingerprint density at radius 2 is 0.962 bits per heavy atom. The number of hydrogen-bond donors (Lipinski definition) is 0. The summed E-state index contributed by atoms with van der Waals surface area (Å²) in [6.45, 7) is 37.8. The first-order valence-electron chi connectivity index (χ1n) is 28.5. The molecule has 3 aliphatic rings. The average molecular weight is 1040 g/mol. The normalized spacial score (nSPS) is 15.5. The molecule has 2 aliphatic heterocycles. The molecule has 0 fully saturated rings. The summed E-state index contributed by atoms with van der Waals surface area (Å²) in [5.74, 6) is 0. The number of benzene rings is 8. The molecule has 0 saturated carbocycles. The Morgan fingerprint density at radius 3 is 1.55 bits per heavy atom. The van der Waals surface area contributed by atoms with Gasteiger partial charge in [0.05, 0.1) is 17.1 Å². The van der Waals surface area contributed by atoms with E-state index in [1.54, 1.807) is 0 Å². The van der Waals surface area contributed by atoms with Gasteiger partial charge in [0.25, 0.3) is 6.71 Å². The lowest BCUT2D eigenvalue weighted by Crippen LogP contribution is -2.60. The standard InChI is InChI=1S/C73H78BN3S/c1-68(2,3)47-29-27-46(28-30-47)55-39-48(69(4,5)6)31-36-60(55)77-61-37-32-50(71(10,11)12)41-59(61)74-65-62(43-54(44-63(65)77)75(51-23-19-17-20-24-51)52-25-21-18-22-26-52)76(53-34-35-57-58(42-53)73(15,16)45-72(57,13)14)66-56-40-49(70(7,8)9)33-38-64(56)78-67(66)74/h17-44H,45H2,1-16H3. The lowest BCUT2D eigenvalue weighted by Gasteiger charge is -2.45. The third-order valence-corrected chi connectivity index (χ3v) is 18.7. The van der Waals surface area contributed by atoms with Crippen molar-refractivity contribution in [1.82, 2.24) is 0 Å². The molecule has 78 heavy (non-hydrogen) atoms. The fourth-order valence-corrected chi connectivity index (χ4v) is 14.7. The molecule has 0 spiro atoms. The molecule has 3 nitrogen and oxygen atoms in total. The topological polar surface area (TPSA) is 9.72 Å². The van der Waals surface area contributed by atoms with Crippen molar-refractivity contribution >= 4 is 95.0 Å². The quantitative estimate of drug-likeness (QED) is 0.154. The number of thiophene rings is 1. The van der Waals surface area contributed by atoms with Crippen LogP contribution >= 0.6 is 11.3 Å². The molecule has 3 heterocycles. The lowest BCUT2D eigenvalue weighted by molar-refractivity contribution is 0.403. The Balaban J connectivity index is 1.26. The van der Waals surface area contributed by atoms with Gasteiger partial charge in [-0.05, 0) is 168 Å². The maximum atomic E-state index is 2.71. The molecule has 5 heteroatoms. The zero-order valence-electron chi connectivity index (χ0n) is 49.2. The largest absolute Gasteiger partial charge is 0.311 e. The van der Waals surface area contributed by atoms with Crippen molar-refractivity contribution < 1.29 is 0 Å². The van der Waals surface area contributed by atoms with Gasteiger partial charge >= 0.3 is 0 Å². The van der Waals surface area contributed by atoms with Crippen LogP contribution in [0.5, 0.6) is 0 Å². The first kappa shape index (κ1) is 51.9. The lowest BCUT2D eigenvalue weighted by atomic mass is 9.36. The summed E-state index contributed by atoms with van der Waals surface area (Å²) in [4.78, 5) is 7.85. The minimum Gasteiger partial charge on any atom is -0.311 e. The molecule has 0 saturated heterocycles. The summed E-state index contributed by atoms with van der Waals surface area (Å²) in [5, 5.41) is 1.32. The van der Waals surface area contributed by atoms with E-state index in [2.05, 4.69) is 295 Å². The van der Waals surface area contributed by atoms with Crippen molar-refractivity contribution in [2.75, 3.05) is 14.7 Å². The van der Waals surface area contributed by atoms with E-state index in [0.29, 0.717) is 0 Å². The maximum Gasteiger partial charge on any atom is 0.264 e. The summed E-state index contributed by atoms with van der Waals surface area (Å²) < 4.78 is 2.72. The molecule has 1 aromatic heterocycles. The van der Waals surface area contributed by atoms with Crippen LogP contribution < -0.4 is 30.4 Å². The fraction of sp³-hybridized carbons (Fsp3) is 0.315. The van der Waals surface area contributed by atoms with E-state index in [9.17, 15) is 0 Å². The molecule has 0 atom stereocenters. The van der Waals surface area contributed by atoms with Gasteiger partial charge in [-0.1, -0.05) is 202 Å². The van der Waals surface area contributed by atoms with Crippen LogP contribution in [0.15, 0.2) is 170 Å². The Bertz CT molecular complexity index is 3780. The number of para-hydroxylation sites is 2. The molecule has 12 rings (SSSR count). The van der Waals surface area contributed by atoms with Crippen molar-refractivity contribution in [2.45, 2.75) is 150 Å². The summed E-state index contributed by atoms with van der Waals surface area (Å²) in [6, 6.07) is 66.1. The molecule has 9 aromatic rings. The minimum atomic E-state index is -0.0800. The van der Waals surface area contributed by atoms with E-state index in [-0.39, 0.29) is 39.2 Å². The summed E-state index contributed by atoms with van der Waals surface area (Å²) in [6.07, 6.45) is 1.10. The number of rotatable bonds is 6. The third kappa shape index (κ3) is 8.62. The van der Waals surface area contributed by atoms with E-state index in [1.165, 1.54) is 104 Å². The Hall–Kier alpha value is -6.82. The Kier molecular flexibility index (Phi) is 11.9. The third-order valence-electron chi connectivity index (χ3n) is 17.4. The predicted octanol–water partition coefficient (Wildman–Crippen LogP) is 19.3. The van der Waals surface area contributed by atoms with Crippen LogP contribution in [0.3, 0.4) is 0 Å². The van der Waals surface area contributed by atoms with Gasteiger partial charge in [0.1, 0.15) is 0 Å². The van der Waals surface area contributed by atoms with Crippen LogP contribution in [0.4, 0.5) is 51.2 Å². The van der Waals surface area contributed by atoms with Crippen LogP contribution in [0.25, 0.3) is 21.2 Å². The predicted molar refractivity (Wildman–Crippen MR) is 341 cm³/mol. The summed E-state index contributed by atoms with van der Waals surface area (Å²) in [7, 11) is 0. The highest BCUT2D eigenvalue weighted by Gasteiger charge is 2.48. The zero-order valence-corrected chi connectivity index (χ0v) is 50.0. The zero-order chi connectivity index (χ0) is 55.2. The second kappa shape index (κ2) is 17.9. The average Bonchev–Trinajstić information content (AvgIpc) is 2.60. The molecular formula is C73H78BN3S. The molecule has 0 N–H and O–H groups in total. The van der Waals surface area contributed by atoms with Crippen LogP contribution in [0.1, 0.15) is 151 Å². The molecule has 394 valence electrons. The van der Waals surface area contributed by atoms with Gasteiger partial charge in [0.15, 0.2) is 0 Å². The van der Waals surface area contributed by atoms with Crippen molar-refractivity contribution in [3.8, 4) is 11.1 Å². The molecule has 0 amide bonds. The first-order valence-corrected chi connectivity index (χ1v) is 29.3. The van der Waals surface area contributed by atoms with Crippen molar-refractivity contribution in [1.29, 1.82) is 0 Å². The smallest absolute Gasteiger partial charge is 0.264 e. The molecule has 1 aliphatic carbocycles. The van der Waals surface area contributed by atoms with E-state index in [4.69, 9.17) is 0 Å². The van der Waals surface area contributed by atoms with Crippen molar-refractivity contribution in [3.63, 3.8) is 0 Å². The molecule has 0 radical (unpaired) electrons. The van der Waals surface area contributed by atoms with Crippen LogP contribution in [0, 0.1) is 0 Å². The van der Waals surface area contributed by atoms with Gasteiger partial charge in [-0.25, -0.2) is 0 Å². The first-order chi connectivity index (χ1) is 36.7. The van der Waals surface area contributed by atoms with Gasteiger partial charge in [0, 0.05) is 54.6 Å². The molecule has 0 unspecified atom stereocenters. The molecule has 0 bridgehead atoms. The highest BCUT2D eigenvalue weighted by molar-refractivity contribution is 7.33. The number of hydrogen-bond acceptors (Lipinski definition) is 4. The number of fused-ring (bicyclic) bond motifs is 7. The molecular weight excluding hydrogens is 962 g/mol. The van der Waals surface area contributed by atoms with E-state index >= 15 is 0 Å². The Morgan fingerprint density at radius 1 is 0.449 bits per heavy atom.